The highest BCUT2D eigenvalue weighted by Gasteiger charge is 2.30. The molecule has 1 unspecified atom stereocenters. The lowest BCUT2D eigenvalue weighted by molar-refractivity contribution is 0.424. The molecule has 4 heteroatoms. The molecule has 1 aromatic carbocycles. The summed E-state index contributed by atoms with van der Waals surface area (Å²) < 4.78 is 39.9. The van der Waals surface area contributed by atoms with E-state index < -0.39 is 23.5 Å². The minimum Gasteiger partial charge on any atom is -0.324 e. The Bertz CT molecular complexity index is 403. The summed E-state index contributed by atoms with van der Waals surface area (Å²) in [5, 5.41) is 0. The van der Waals surface area contributed by atoms with E-state index in [0.29, 0.717) is 18.9 Å². The van der Waals surface area contributed by atoms with Crippen LogP contribution in [0, 0.1) is 17.5 Å². The largest absolute Gasteiger partial charge is 0.324 e. The average Bonchev–Trinajstić information content (AvgIpc) is 2.18. The summed E-state index contributed by atoms with van der Waals surface area (Å²) in [6.07, 6.45) is 1.27. The Labute approximate surface area is 86.1 Å². The van der Waals surface area contributed by atoms with Gasteiger partial charge in [0.1, 0.15) is 5.82 Å². The van der Waals surface area contributed by atoms with Crippen molar-refractivity contribution in [1.82, 2.24) is 0 Å². The van der Waals surface area contributed by atoms with Gasteiger partial charge in [0.2, 0.25) is 0 Å². The van der Waals surface area contributed by atoms with Crippen LogP contribution in [-0.4, -0.2) is 0 Å². The smallest absolute Gasteiger partial charge is 0.164 e. The third kappa shape index (κ3) is 1.53. The molecule has 1 aliphatic carbocycles. The molecular weight excluding hydrogens is 203 g/mol. The molecule has 0 saturated carbocycles. The molecule has 1 aliphatic rings. The van der Waals surface area contributed by atoms with E-state index >= 15 is 0 Å². The molecule has 0 bridgehead atoms. The standard InChI is InChI=1S/C11H12F3N/c1-5-2-3-8(15)10-9(5)6(12)4-7(13)11(10)14/h4-5,8H,2-3,15H2,1H3/t5?,8-/m1/s1. The zero-order valence-corrected chi connectivity index (χ0v) is 8.36. The molecule has 0 amide bonds. The Morgan fingerprint density at radius 3 is 2.47 bits per heavy atom. The first-order chi connectivity index (χ1) is 7.02. The van der Waals surface area contributed by atoms with Crippen LogP contribution >= 0.6 is 0 Å². The molecule has 1 nitrogen and oxygen atoms in total. The van der Waals surface area contributed by atoms with Crippen molar-refractivity contribution < 1.29 is 13.2 Å². The molecule has 1 aromatic rings. The Hall–Kier alpha value is -1.03. The van der Waals surface area contributed by atoms with Crippen molar-refractivity contribution in [2.75, 3.05) is 0 Å². The Morgan fingerprint density at radius 2 is 1.80 bits per heavy atom. The van der Waals surface area contributed by atoms with Crippen LogP contribution in [0.4, 0.5) is 13.2 Å². The van der Waals surface area contributed by atoms with Crippen LogP contribution in [-0.2, 0) is 0 Å². The zero-order chi connectivity index (χ0) is 11.2. The topological polar surface area (TPSA) is 26.0 Å². The second-order valence-corrected chi connectivity index (χ2v) is 4.07. The van der Waals surface area contributed by atoms with Crippen molar-refractivity contribution >= 4 is 0 Å². The molecule has 0 heterocycles. The van der Waals surface area contributed by atoms with Gasteiger partial charge in [-0.25, -0.2) is 13.2 Å². The molecule has 15 heavy (non-hydrogen) atoms. The van der Waals surface area contributed by atoms with Gasteiger partial charge < -0.3 is 5.73 Å². The molecule has 0 fully saturated rings. The lowest BCUT2D eigenvalue weighted by atomic mass is 9.80. The first-order valence-electron chi connectivity index (χ1n) is 4.95. The number of halogens is 3. The highest BCUT2D eigenvalue weighted by molar-refractivity contribution is 5.37. The second-order valence-electron chi connectivity index (χ2n) is 4.07. The van der Waals surface area contributed by atoms with Gasteiger partial charge in [-0.3, -0.25) is 0 Å². The molecule has 0 aliphatic heterocycles. The Balaban J connectivity index is 2.71. The summed E-state index contributed by atoms with van der Waals surface area (Å²) in [6, 6.07) is 0.00398. The summed E-state index contributed by atoms with van der Waals surface area (Å²) in [7, 11) is 0. The maximum atomic E-state index is 13.5. The predicted octanol–water partition coefficient (Wildman–Crippen LogP) is 3.00. The fraction of sp³-hybridized carbons (Fsp3) is 0.455. The van der Waals surface area contributed by atoms with E-state index in [4.69, 9.17) is 5.73 Å². The normalized spacial score (nSPS) is 25.1. The second kappa shape index (κ2) is 3.52. The average molecular weight is 215 g/mol. The number of hydrogen-bond acceptors (Lipinski definition) is 1. The molecule has 0 spiro atoms. The fourth-order valence-electron chi connectivity index (χ4n) is 2.21. The third-order valence-electron chi connectivity index (χ3n) is 3.02. The number of benzene rings is 1. The van der Waals surface area contributed by atoms with Crippen molar-refractivity contribution in [3.05, 3.63) is 34.6 Å². The Morgan fingerprint density at radius 1 is 1.13 bits per heavy atom. The van der Waals surface area contributed by atoms with Crippen LogP contribution in [0.2, 0.25) is 0 Å². The van der Waals surface area contributed by atoms with Crippen LogP contribution in [0.25, 0.3) is 0 Å². The van der Waals surface area contributed by atoms with Crippen LogP contribution < -0.4 is 5.73 Å². The van der Waals surface area contributed by atoms with Crippen LogP contribution in [0.5, 0.6) is 0 Å². The molecule has 82 valence electrons. The summed E-state index contributed by atoms with van der Waals surface area (Å²) >= 11 is 0. The highest BCUT2D eigenvalue weighted by atomic mass is 19.2. The number of fused-ring (bicyclic) bond motifs is 1. The molecule has 0 saturated heterocycles. The number of nitrogens with two attached hydrogens (primary N) is 1. The van der Waals surface area contributed by atoms with Crippen molar-refractivity contribution in [2.24, 2.45) is 5.73 Å². The maximum Gasteiger partial charge on any atom is 0.164 e. The van der Waals surface area contributed by atoms with Gasteiger partial charge >= 0.3 is 0 Å². The number of hydrogen-bond donors (Lipinski definition) is 1. The van der Waals surface area contributed by atoms with E-state index in [1.165, 1.54) is 0 Å². The minimum atomic E-state index is -1.16. The van der Waals surface area contributed by atoms with Crippen molar-refractivity contribution in [1.29, 1.82) is 0 Å². The van der Waals surface area contributed by atoms with Crippen molar-refractivity contribution in [3.8, 4) is 0 Å². The fourth-order valence-corrected chi connectivity index (χ4v) is 2.21. The first-order valence-corrected chi connectivity index (χ1v) is 4.95. The summed E-state index contributed by atoms with van der Waals surface area (Å²) in [4.78, 5) is 0. The summed E-state index contributed by atoms with van der Waals surface area (Å²) in [6.45, 7) is 1.80. The van der Waals surface area contributed by atoms with Gasteiger partial charge in [-0.1, -0.05) is 6.92 Å². The molecule has 2 N–H and O–H groups in total. The van der Waals surface area contributed by atoms with E-state index in [-0.39, 0.29) is 17.0 Å². The van der Waals surface area contributed by atoms with Crippen LogP contribution in [0.3, 0.4) is 0 Å². The van der Waals surface area contributed by atoms with Gasteiger partial charge in [0, 0.05) is 17.7 Å². The molecule has 0 radical (unpaired) electrons. The third-order valence-corrected chi connectivity index (χ3v) is 3.02. The summed E-state index contributed by atoms with van der Waals surface area (Å²) in [5.41, 5.74) is 5.94. The van der Waals surface area contributed by atoms with Crippen LogP contribution in [0.15, 0.2) is 6.07 Å². The lowest BCUT2D eigenvalue weighted by Crippen LogP contribution is -2.23. The van der Waals surface area contributed by atoms with Gasteiger partial charge in [-0.05, 0) is 24.3 Å². The van der Waals surface area contributed by atoms with E-state index in [1.807, 2.05) is 0 Å². The molecule has 0 aromatic heterocycles. The van der Waals surface area contributed by atoms with Gasteiger partial charge in [-0.15, -0.1) is 0 Å². The number of rotatable bonds is 0. The first kappa shape index (κ1) is 10.5. The Kier molecular flexibility index (Phi) is 2.46. The van der Waals surface area contributed by atoms with E-state index in [1.54, 1.807) is 6.92 Å². The van der Waals surface area contributed by atoms with E-state index in [2.05, 4.69) is 0 Å². The highest BCUT2D eigenvalue weighted by Crippen LogP contribution is 2.39. The quantitative estimate of drug-likeness (QED) is 0.661. The maximum absolute atomic E-state index is 13.5. The van der Waals surface area contributed by atoms with E-state index in [9.17, 15) is 13.2 Å². The van der Waals surface area contributed by atoms with Gasteiger partial charge in [0.25, 0.3) is 0 Å². The van der Waals surface area contributed by atoms with Gasteiger partial charge in [0.05, 0.1) is 0 Å². The molecular formula is C11H12F3N. The van der Waals surface area contributed by atoms with Gasteiger partial charge in [-0.2, -0.15) is 0 Å². The monoisotopic (exact) mass is 215 g/mol. The lowest BCUT2D eigenvalue weighted by Gasteiger charge is -2.28. The molecule has 2 rings (SSSR count). The van der Waals surface area contributed by atoms with E-state index in [0.717, 1.165) is 0 Å². The predicted molar refractivity (Wildman–Crippen MR) is 50.9 cm³/mol. The SMILES string of the molecule is CC1CC[C@@H](N)c2c(F)c(F)cc(F)c21. The zero-order valence-electron chi connectivity index (χ0n) is 8.36. The van der Waals surface area contributed by atoms with Gasteiger partial charge in [0.15, 0.2) is 11.6 Å². The van der Waals surface area contributed by atoms with Crippen molar-refractivity contribution in [2.45, 2.75) is 31.7 Å². The summed E-state index contributed by atoms with van der Waals surface area (Å²) in [5.74, 6) is -2.94. The van der Waals surface area contributed by atoms with Crippen molar-refractivity contribution in [3.63, 3.8) is 0 Å². The molecule has 2 atom stereocenters. The van der Waals surface area contributed by atoms with Crippen LogP contribution in [0.1, 0.15) is 42.9 Å². The minimum absolute atomic E-state index is 0.0197.